The molecule has 0 bridgehead atoms. The Hall–Kier alpha value is -5.14. The predicted octanol–water partition coefficient (Wildman–Crippen LogP) is 5.97. The molecular formula is C40H46Cl2N4O9. The van der Waals surface area contributed by atoms with Crippen molar-refractivity contribution in [2.75, 3.05) is 7.11 Å². The van der Waals surface area contributed by atoms with Crippen molar-refractivity contribution in [3.8, 4) is 0 Å². The third kappa shape index (κ3) is 12.7. The summed E-state index contributed by atoms with van der Waals surface area (Å²) in [5.41, 5.74) is -0.434. The van der Waals surface area contributed by atoms with Crippen LogP contribution in [0.5, 0.6) is 0 Å². The highest BCUT2D eigenvalue weighted by atomic mass is 35.5. The summed E-state index contributed by atoms with van der Waals surface area (Å²) < 4.78 is 15.6. The summed E-state index contributed by atoms with van der Waals surface area (Å²) in [5, 5.41) is 10.9. The molecular weight excluding hydrogens is 751 g/mol. The highest BCUT2D eigenvalue weighted by molar-refractivity contribution is 6.38. The summed E-state index contributed by atoms with van der Waals surface area (Å²) in [6.07, 6.45) is -1.09. The van der Waals surface area contributed by atoms with E-state index in [-0.39, 0.29) is 25.0 Å². The van der Waals surface area contributed by atoms with Crippen LogP contribution in [0.15, 0.2) is 60.7 Å². The number of methoxy groups -OCH3 is 1. The van der Waals surface area contributed by atoms with Crippen LogP contribution in [0.25, 0.3) is 21.7 Å². The van der Waals surface area contributed by atoms with Crippen molar-refractivity contribution in [1.29, 1.82) is 0 Å². The molecule has 4 rings (SSSR count). The minimum absolute atomic E-state index is 0.0172. The molecule has 0 spiro atoms. The van der Waals surface area contributed by atoms with E-state index in [4.69, 9.17) is 37.4 Å². The number of H-pyrrole nitrogens is 1. The van der Waals surface area contributed by atoms with Crippen LogP contribution in [-0.2, 0) is 44.6 Å². The predicted molar refractivity (Wildman–Crippen MR) is 209 cm³/mol. The van der Waals surface area contributed by atoms with E-state index in [2.05, 4.69) is 20.9 Å². The van der Waals surface area contributed by atoms with Crippen molar-refractivity contribution >= 4 is 80.5 Å². The average Bonchev–Trinajstić information content (AvgIpc) is 3.52. The van der Waals surface area contributed by atoms with Crippen LogP contribution in [0.1, 0.15) is 76.9 Å². The normalized spacial score (nSPS) is 13.3. The first-order valence-electron chi connectivity index (χ1n) is 17.6. The van der Waals surface area contributed by atoms with Crippen LogP contribution in [0.4, 0.5) is 0 Å². The molecule has 0 unspecified atom stereocenters. The van der Waals surface area contributed by atoms with Crippen molar-refractivity contribution in [2.24, 2.45) is 0 Å². The molecule has 0 saturated heterocycles. The van der Waals surface area contributed by atoms with Gasteiger partial charge in [-0.05, 0) is 82.5 Å². The van der Waals surface area contributed by atoms with Gasteiger partial charge >= 0.3 is 17.9 Å². The van der Waals surface area contributed by atoms with Gasteiger partial charge in [-0.25, -0.2) is 4.79 Å². The maximum atomic E-state index is 14.2. The zero-order chi connectivity index (χ0) is 40.7. The molecule has 0 fully saturated rings. The van der Waals surface area contributed by atoms with Gasteiger partial charge in [0.1, 0.15) is 35.0 Å². The first kappa shape index (κ1) is 42.6. The molecule has 1 heterocycles. The zero-order valence-corrected chi connectivity index (χ0v) is 33.3. The Morgan fingerprint density at radius 1 is 0.727 bits per heavy atom. The van der Waals surface area contributed by atoms with Crippen molar-refractivity contribution in [2.45, 2.75) is 96.6 Å². The van der Waals surface area contributed by atoms with Gasteiger partial charge in [0, 0.05) is 28.8 Å². The van der Waals surface area contributed by atoms with E-state index < -0.39 is 71.4 Å². The van der Waals surface area contributed by atoms with Gasteiger partial charge in [0.05, 0.1) is 18.6 Å². The second-order valence-electron chi connectivity index (χ2n) is 15.0. The largest absolute Gasteiger partial charge is 0.467 e. The SMILES string of the molecule is COC(=O)[C@H](CCC(=O)OC(C)(C)C)NC(=O)[C@H](CC(=O)OC(C)(C)C)NC(=O)[C@H](Cc1ccc2ccccc2c1)NC(=O)c1cc2c(Cl)cc(Cl)cc2[nH]1. The number of fused-ring (bicyclic) bond motifs is 2. The number of halogens is 2. The van der Waals surface area contributed by atoms with Gasteiger partial charge in [-0.15, -0.1) is 0 Å². The third-order valence-corrected chi connectivity index (χ3v) is 8.59. The monoisotopic (exact) mass is 796 g/mol. The maximum Gasteiger partial charge on any atom is 0.328 e. The summed E-state index contributed by atoms with van der Waals surface area (Å²) in [6.45, 7) is 10.00. The molecule has 3 aromatic carbocycles. The van der Waals surface area contributed by atoms with Crippen LogP contribution in [0.3, 0.4) is 0 Å². The lowest BCUT2D eigenvalue weighted by Gasteiger charge is -2.26. The first-order chi connectivity index (χ1) is 25.7. The fourth-order valence-electron chi connectivity index (χ4n) is 5.68. The van der Waals surface area contributed by atoms with Gasteiger partial charge in [-0.1, -0.05) is 65.7 Å². The van der Waals surface area contributed by atoms with Crippen molar-refractivity contribution in [3.63, 3.8) is 0 Å². The molecule has 4 aromatic rings. The minimum atomic E-state index is -1.58. The fourth-order valence-corrected chi connectivity index (χ4v) is 6.23. The smallest absolute Gasteiger partial charge is 0.328 e. The van der Waals surface area contributed by atoms with E-state index in [0.717, 1.165) is 17.9 Å². The van der Waals surface area contributed by atoms with E-state index in [0.29, 0.717) is 26.5 Å². The summed E-state index contributed by atoms with van der Waals surface area (Å²) in [6, 6.07) is 13.7. The highest BCUT2D eigenvalue weighted by Gasteiger charge is 2.34. The van der Waals surface area contributed by atoms with Crippen LogP contribution >= 0.6 is 23.2 Å². The lowest BCUT2D eigenvalue weighted by molar-refractivity contribution is -0.156. The molecule has 294 valence electrons. The van der Waals surface area contributed by atoms with Crippen LogP contribution in [0, 0.1) is 0 Å². The number of hydrogen-bond acceptors (Lipinski definition) is 9. The first-order valence-corrected chi connectivity index (χ1v) is 18.4. The number of benzene rings is 3. The lowest BCUT2D eigenvalue weighted by atomic mass is 10.0. The molecule has 0 saturated carbocycles. The number of esters is 3. The number of amides is 3. The number of nitrogens with one attached hydrogen (secondary N) is 4. The Morgan fingerprint density at radius 3 is 2.00 bits per heavy atom. The molecule has 55 heavy (non-hydrogen) atoms. The Morgan fingerprint density at radius 2 is 1.35 bits per heavy atom. The summed E-state index contributed by atoms with van der Waals surface area (Å²) in [4.78, 5) is 82.9. The quantitative estimate of drug-likeness (QED) is 0.0884. The number of aromatic nitrogens is 1. The standard InChI is InChI=1S/C40H46Cl2N4O9/c1-39(2,3)54-33(47)15-14-28(38(52)53-7)44-37(51)32(21-34(48)55-40(4,5)6)46-35(49)30(17-22-12-13-23-10-8-9-11-24(23)16-22)45-36(50)31-20-26-27(42)18-25(41)19-29(26)43-31/h8-13,16,18-20,28,30,32,43H,14-15,17,21H2,1-7H3,(H,44,51)(H,45,50)(H,46,49)/t28-,30-,32-/m0/s1. The van der Waals surface area contributed by atoms with Gasteiger partial charge in [0.15, 0.2) is 0 Å². The van der Waals surface area contributed by atoms with Gasteiger partial charge in [-0.2, -0.15) is 0 Å². The van der Waals surface area contributed by atoms with Crippen molar-refractivity contribution in [3.05, 3.63) is 82.0 Å². The van der Waals surface area contributed by atoms with Crippen molar-refractivity contribution in [1.82, 2.24) is 20.9 Å². The van der Waals surface area contributed by atoms with E-state index in [1.54, 1.807) is 47.6 Å². The Bertz CT molecular complexity index is 2080. The third-order valence-electron chi connectivity index (χ3n) is 8.06. The van der Waals surface area contributed by atoms with Crippen LogP contribution in [0.2, 0.25) is 10.0 Å². The van der Waals surface area contributed by atoms with E-state index >= 15 is 0 Å². The van der Waals surface area contributed by atoms with Gasteiger partial charge in [0.25, 0.3) is 5.91 Å². The fraction of sp³-hybridized carbons (Fsp3) is 0.400. The number of hydrogen-bond donors (Lipinski definition) is 4. The summed E-state index contributed by atoms with van der Waals surface area (Å²) in [5.74, 6) is -4.70. The van der Waals surface area contributed by atoms with Gasteiger partial charge in [0.2, 0.25) is 11.8 Å². The lowest BCUT2D eigenvalue weighted by Crippen LogP contribution is -2.57. The zero-order valence-electron chi connectivity index (χ0n) is 31.8. The summed E-state index contributed by atoms with van der Waals surface area (Å²) in [7, 11) is 1.12. The molecule has 13 nitrogen and oxygen atoms in total. The van der Waals surface area contributed by atoms with Gasteiger partial charge < -0.3 is 35.1 Å². The average molecular weight is 798 g/mol. The van der Waals surface area contributed by atoms with E-state index in [1.807, 2.05) is 42.5 Å². The van der Waals surface area contributed by atoms with E-state index in [1.165, 1.54) is 12.1 Å². The molecule has 15 heteroatoms. The minimum Gasteiger partial charge on any atom is -0.467 e. The summed E-state index contributed by atoms with van der Waals surface area (Å²) >= 11 is 12.5. The second-order valence-corrected chi connectivity index (χ2v) is 15.8. The molecule has 0 radical (unpaired) electrons. The Kier molecular flexibility index (Phi) is 13.9. The number of carbonyl (C=O) groups is 6. The molecule has 0 aliphatic rings. The molecule has 1 aromatic heterocycles. The number of ether oxygens (including phenoxy) is 3. The topological polar surface area (TPSA) is 182 Å². The number of aromatic amines is 1. The molecule has 0 aliphatic heterocycles. The van der Waals surface area contributed by atoms with Crippen molar-refractivity contribution < 1.29 is 43.0 Å². The molecule has 3 amide bonds. The van der Waals surface area contributed by atoms with Gasteiger partial charge in [-0.3, -0.25) is 24.0 Å². The second kappa shape index (κ2) is 18.0. The molecule has 4 N–H and O–H groups in total. The number of rotatable bonds is 14. The molecule has 0 aliphatic carbocycles. The Labute approximate surface area is 329 Å². The van der Waals surface area contributed by atoms with E-state index in [9.17, 15) is 28.8 Å². The Balaban J connectivity index is 1.64. The maximum absolute atomic E-state index is 14.2. The highest BCUT2D eigenvalue weighted by Crippen LogP contribution is 2.28. The van der Waals surface area contributed by atoms with Crippen LogP contribution < -0.4 is 16.0 Å². The molecule has 3 atom stereocenters. The number of carbonyl (C=O) groups excluding carboxylic acids is 6. The van der Waals surface area contributed by atoms with Crippen LogP contribution in [-0.4, -0.2) is 77.1 Å².